The van der Waals surface area contributed by atoms with E-state index >= 15 is 0 Å². The number of hydrazone groups is 1. The second-order valence-corrected chi connectivity index (χ2v) is 7.33. The molecule has 0 amide bonds. The summed E-state index contributed by atoms with van der Waals surface area (Å²) in [4.78, 5) is 2.61. The molecule has 5 heteroatoms. The Labute approximate surface area is 138 Å². The van der Waals surface area contributed by atoms with Crippen molar-refractivity contribution in [3.05, 3.63) is 65.2 Å². The van der Waals surface area contributed by atoms with E-state index in [4.69, 9.17) is 0 Å². The molecule has 0 aliphatic rings. The highest BCUT2D eigenvalue weighted by atomic mass is 32.2. The lowest BCUT2D eigenvalue weighted by Gasteiger charge is -2.09. The summed E-state index contributed by atoms with van der Waals surface area (Å²) in [5.74, 6) is 0. The van der Waals surface area contributed by atoms with Crippen molar-refractivity contribution in [1.29, 1.82) is 0 Å². The van der Waals surface area contributed by atoms with Gasteiger partial charge in [0.1, 0.15) is 0 Å². The molecule has 2 rings (SSSR count). The summed E-state index contributed by atoms with van der Waals surface area (Å²) in [6, 6.07) is 15.4. The maximum Gasteiger partial charge on any atom is 0.276 e. The third-order valence-electron chi connectivity index (χ3n) is 3.61. The van der Waals surface area contributed by atoms with E-state index in [-0.39, 0.29) is 4.90 Å². The molecule has 0 bridgehead atoms. The molecule has 0 heterocycles. The molecule has 1 N–H and O–H groups in total. The van der Waals surface area contributed by atoms with Crippen LogP contribution in [0.4, 0.5) is 0 Å². The summed E-state index contributed by atoms with van der Waals surface area (Å²) in [6.45, 7) is 5.47. The molecule has 0 unspecified atom stereocenters. The number of rotatable bonds is 6. The molecular formula is C18H22N2O2S. The molecular weight excluding hydrogens is 308 g/mol. The van der Waals surface area contributed by atoms with E-state index in [1.54, 1.807) is 19.1 Å². The van der Waals surface area contributed by atoms with Gasteiger partial charge < -0.3 is 0 Å². The summed E-state index contributed by atoms with van der Waals surface area (Å²) >= 11 is 0. The average Bonchev–Trinajstić information content (AvgIpc) is 2.54. The zero-order chi connectivity index (χ0) is 16.9. The Morgan fingerprint density at radius 3 is 2.48 bits per heavy atom. The Hall–Kier alpha value is -2.14. The molecule has 2 aromatic rings. The molecule has 0 aliphatic carbocycles. The fourth-order valence-electron chi connectivity index (χ4n) is 2.21. The van der Waals surface area contributed by atoms with Gasteiger partial charge in [-0.05, 0) is 56.4 Å². The van der Waals surface area contributed by atoms with Crippen molar-refractivity contribution in [2.75, 3.05) is 0 Å². The predicted octanol–water partition coefficient (Wildman–Crippen LogP) is 3.59. The maximum absolute atomic E-state index is 12.4. The van der Waals surface area contributed by atoms with E-state index in [9.17, 15) is 8.42 Å². The number of benzene rings is 2. The number of nitrogens with zero attached hydrogens (tertiary/aromatic N) is 1. The van der Waals surface area contributed by atoms with Gasteiger partial charge in [0.25, 0.3) is 10.0 Å². The third-order valence-corrected chi connectivity index (χ3v) is 4.96. The van der Waals surface area contributed by atoms with Gasteiger partial charge in [-0.15, -0.1) is 0 Å². The van der Waals surface area contributed by atoms with Crippen molar-refractivity contribution in [3.8, 4) is 0 Å². The Kier molecular flexibility index (Phi) is 5.55. The molecule has 0 spiro atoms. The molecule has 2 aromatic carbocycles. The summed E-state index contributed by atoms with van der Waals surface area (Å²) in [6.07, 6.45) is 1.54. The van der Waals surface area contributed by atoms with E-state index in [0.717, 1.165) is 17.7 Å². The zero-order valence-electron chi connectivity index (χ0n) is 13.7. The van der Waals surface area contributed by atoms with E-state index in [1.807, 2.05) is 50.2 Å². The number of sulfonamides is 1. The first-order valence-corrected chi connectivity index (χ1v) is 9.03. The van der Waals surface area contributed by atoms with Gasteiger partial charge in [-0.25, -0.2) is 4.83 Å². The minimum Gasteiger partial charge on any atom is -0.200 e. The maximum atomic E-state index is 12.4. The first-order valence-electron chi connectivity index (χ1n) is 7.54. The average molecular weight is 330 g/mol. The minimum atomic E-state index is -3.63. The van der Waals surface area contributed by atoms with Crippen LogP contribution in [-0.4, -0.2) is 14.1 Å². The standard InChI is InChI=1S/C18H22N2O2S/c1-14-9-10-15(2)18(13-14)23(21,22)20-19-16(3)11-12-17-7-5-4-6-8-17/h4-10,13,20H,11-12H2,1-3H3/b19-16-. The Bertz CT molecular complexity index is 797. The van der Waals surface area contributed by atoms with Gasteiger partial charge >= 0.3 is 0 Å². The first kappa shape index (κ1) is 17.2. The van der Waals surface area contributed by atoms with E-state index in [2.05, 4.69) is 9.93 Å². The van der Waals surface area contributed by atoms with Crippen molar-refractivity contribution in [1.82, 2.24) is 4.83 Å². The largest absolute Gasteiger partial charge is 0.276 e. The topological polar surface area (TPSA) is 58.5 Å². The fraction of sp³-hybridized carbons (Fsp3) is 0.278. The van der Waals surface area contributed by atoms with Crippen molar-refractivity contribution in [3.63, 3.8) is 0 Å². The molecule has 0 saturated carbocycles. The highest BCUT2D eigenvalue weighted by Gasteiger charge is 2.16. The van der Waals surface area contributed by atoms with Crippen LogP contribution in [0.15, 0.2) is 58.5 Å². The van der Waals surface area contributed by atoms with Crippen LogP contribution >= 0.6 is 0 Å². The smallest absolute Gasteiger partial charge is 0.200 e. The summed E-state index contributed by atoms with van der Waals surface area (Å²) < 4.78 is 24.7. The first-order chi connectivity index (χ1) is 10.9. The molecule has 23 heavy (non-hydrogen) atoms. The van der Waals surface area contributed by atoms with Crippen LogP contribution in [-0.2, 0) is 16.4 Å². The van der Waals surface area contributed by atoms with Crippen LogP contribution in [0.2, 0.25) is 0 Å². The van der Waals surface area contributed by atoms with Gasteiger partial charge in [0.15, 0.2) is 0 Å². The van der Waals surface area contributed by atoms with Crippen molar-refractivity contribution in [2.24, 2.45) is 5.10 Å². The van der Waals surface area contributed by atoms with Crippen LogP contribution in [0.5, 0.6) is 0 Å². The molecule has 0 aliphatic heterocycles. The SMILES string of the molecule is C/C(CCc1ccccc1)=N/NS(=O)(=O)c1cc(C)ccc1C. The van der Waals surface area contributed by atoms with Gasteiger partial charge in [-0.3, -0.25) is 0 Å². The predicted molar refractivity (Wildman–Crippen MR) is 94.1 cm³/mol. The molecule has 4 nitrogen and oxygen atoms in total. The number of hydrogen-bond donors (Lipinski definition) is 1. The lowest BCUT2D eigenvalue weighted by Crippen LogP contribution is -2.21. The fourth-order valence-corrected chi connectivity index (χ4v) is 3.42. The van der Waals surface area contributed by atoms with Crippen molar-refractivity contribution < 1.29 is 8.42 Å². The van der Waals surface area contributed by atoms with Crippen molar-refractivity contribution >= 4 is 15.7 Å². The van der Waals surface area contributed by atoms with Gasteiger partial charge in [-0.1, -0.05) is 42.5 Å². The van der Waals surface area contributed by atoms with Gasteiger partial charge in [0, 0.05) is 5.71 Å². The second-order valence-electron chi connectivity index (χ2n) is 5.70. The zero-order valence-corrected chi connectivity index (χ0v) is 14.5. The minimum absolute atomic E-state index is 0.275. The van der Waals surface area contributed by atoms with Gasteiger partial charge in [-0.2, -0.15) is 13.5 Å². The van der Waals surface area contributed by atoms with Crippen LogP contribution in [0.1, 0.15) is 30.0 Å². The lowest BCUT2D eigenvalue weighted by atomic mass is 10.1. The quantitative estimate of drug-likeness (QED) is 0.650. The van der Waals surface area contributed by atoms with E-state index in [1.165, 1.54) is 5.56 Å². The summed E-state index contributed by atoms with van der Waals surface area (Å²) in [7, 11) is -3.63. The Morgan fingerprint density at radius 1 is 1.09 bits per heavy atom. The van der Waals surface area contributed by atoms with Gasteiger partial charge in [0.2, 0.25) is 0 Å². The molecule has 0 saturated heterocycles. The lowest BCUT2D eigenvalue weighted by molar-refractivity contribution is 0.583. The number of nitrogens with one attached hydrogen (secondary N) is 1. The van der Waals surface area contributed by atoms with Crippen LogP contribution in [0, 0.1) is 13.8 Å². The van der Waals surface area contributed by atoms with Crippen molar-refractivity contribution in [2.45, 2.75) is 38.5 Å². The highest BCUT2D eigenvalue weighted by molar-refractivity contribution is 7.89. The summed E-state index contributed by atoms with van der Waals surface area (Å²) in [5.41, 5.74) is 3.57. The summed E-state index contributed by atoms with van der Waals surface area (Å²) in [5, 5.41) is 4.04. The molecule has 0 atom stereocenters. The number of aryl methyl sites for hydroxylation is 3. The van der Waals surface area contributed by atoms with Gasteiger partial charge in [0.05, 0.1) is 4.90 Å². The molecule has 0 fully saturated rings. The monoisotopic (exact) mass is 330 g/mol. The van der Waals surface area contributed by atoms with E-state index < -0.39 is 10.0 Å². The normalized spacial score (nSPS) is 12.2. The third kappa shape index (κ3) is 4.93. The highest BCUT2D eigenvalue weighted by Crippen LogP contribution is 2.16. The van der Waals surface area contributed by atoms with Crippen LogP contribution in [0.25, 0.3) is 0 Å². The van der Waals surface area contributed by atoms with E-state index in [0.29, 0.717) is 12.0 Å². The second kappa shape index (κ2) is 7.42. The molecule has 122 valence electrons. The van der Waals surface area contributed by atoms with Crippen LogP contribution in [0.3, 0.4) is 0 Å². The molecule has 0 aromatic heterocycles. The Morgan fingerprint density at radius 2 is 1.78 bits per heavy atom. The number of hydrogen-bond acceptors (Lipinski definition) is 3. The molecule has 0 radical (unpaired) electrons. The van der Waals surface area contributed by atoms with Crippen LogP contribution < -0.4 is 4.83 Å². The Balaban J connectivity index is 2.04.